The molecule has 0 unspecified atom stereocenters. The van der Waals surface area contributed by atoms with Crippen LogP contribution in [0.3, 0.4) is 0 Å². The first kappa shape index (κ1) is 81.6. The summed E-state index contributed by atoms with van der Waals surface area (Å²) in [6.45, 7) is 21.2. The second kappa shape index (κ2) is 40.8. The van der Waals surface area contributed by atoms with E-state index in [9.17, 15) is 14.4 Å². The van der Waals surface area contributed by atoms with Crippen LogP contribution in [0, 0.1) is 77.5 Å². The largest absolute Gasteiger partial charge is 0.512 e. The van der Waals surface area contributed by atoms with Gasteiger partial charge in [0.15, 0.2) is 17.3 Å². The summed E-state index contributed by atoms with van der Waals surface area (Å²) >= 11 is 0. The molecular formula is C84H96Ir3N3O6-3. The van der Waals surface area contributed by atoms with Crippen molar-refractivity contribution in [1.82, 2.24) is 15.0 Å². The van der Waals surface area contributed by atoms with E-state index in [-0.39, 0.29) is 94.9 Å². The summed E-state index contributed by atoms with van der Waals surface area (Å²) in [5, 5.41) is 29.0. The number of aliphatic hydroxyl groups excluding tert-OH is 3. The number of aliphatic hydroxyl groups is 3. The van der Waals surface area contributed by atoms with Crippen molar-refractivity contribution >= 4 is 50.1 Å². The van der Waals surface area contributed by atoms with Crippen molar-refractivity contribution in [2.45, 2.75) is 179 Å². The number of allylic oxidation sites excluding steroid dienone is 6. The van der Waals surface area contributed by atoms with E-state index in [0.29, 0.717) is 0 Å². The molecule has 3 fully saturated rings. The van der Waals surface area contributed by atoms with Crippen LogP contribution in [-0.4, -0.2) is 47.6 Å². The Morgan fingerprint density at radius 1 is 0.375 bits per heavy atom. The summed E-state index contributed by atoms with van der Waals surface area (Å²) in [4.78, 5) is 44.8. The monoisotopic (exact) mass is 1820 g/mol. The maximum absolute atomic E-state index is 10.0. The third kappa shape index (κ3) is 26.9. The maximum Gasteiger partial charge on any atom is 0.155 e. The predicted molar refractivity (Wildman–Crippen MR) is 385 cm³/mol. The molecule has 513 valence electrons. The molecule has 12 heteroatoms. The minimum atomic E-state index is -0.125. The first-order valence-electron chi connectivity index (χ1n) is 33.3. The number of benzene rings is 6. The van der Waals surface area contributed by atoms with E-state index in [0.717, 1.165) is 68.1 Å². The van der Waals surface area contributed by atoms with E-state index >= 15 is 0 Å². The molecule has 0 amide bonds. The van der Waals surface area contributed by atoms with Crippen molar-refractivity contribution in [3.05, 3.63) is 231 Å². The molecule has 3 aliphatic carbocycles. The standard InChI is InChI=1S/C24H26N.C23H24N.C22H22N.3C5H8O2.3Ir/c1-17-13-18(2)15-21(14-17)23-12-11-22-20(9-6-10-24(22)25-23)16-19-7-4-3-5-8-19;1-16-12-17(2)14-20(13-16)22-11-10-21-19(8-5-9-23(21)24-22)15-18-6-3-4-7-18;1-15-11-16(2)13-19(12-15)21-10-9-20-18(14-17-5-3-6-17)7-4-8-22(20)23-21;3*1-4(6)3-5(2)7;;;/h6,9-14,19H,3-5,7-8,16H2,1-2H3;5,8-13,18H,3-4,6-7,15H2,1-2H3;4,7-12,17H,3,5-6,14H2,1-2H3;3*3,6H,1-2H3;;;/q3*-1;;;;;;. The first-order valence-corrected chi connectivity index (χ1v) is 33.3. The molecule has 9 aromatic rings. The molecule has 0 saturated heterocycles. The van der Waals surface area contributed by atoms with Crippen LogP contribution in [0.1, 0.15) is 169 Å². The number of carbonyl (C=O) groups is 3. The third-order valence-electron chi connectivity index (χ3n) is 16.9. The van der Waals surface area contributed by atoms with E-state index in [1.807, 2.05) is 0 Å². The zero-order chi connectivity index (χ0) is 67.1. The summed E-state index contributed by atoms with van der Waals surface area (Å²) in [6, 6.07) is 56.3. The molecule has 3 N–H and O–H groups in total. The summed E-state index contributed by atoms with van der Waals surface area (Å²) in [5.41, 5.74) is 21.3. The van der Waals surface area contributed by atoms with E-state index < -0.39 is 0 Å². The Balaban J connectivity index is 0.000000263. The molecule has 3 heterocycles. The van der Waals surface area contributed by atoms with Gasteiger partial charge in [-0.05, 0) is 131 Å². The van der Waals surface area contributed by atoms with Gasteiger partial charge >= 0.3 is 0 Å². The average Bonchev–Trinajstić information content (AvgIpc) is 0.835. The molecule has 0 atom stereocenters. The number of aromatic nitrogens is 3. The first-order chi connectivity index (χ1) is 44.4. The van der Waals surface area contributed by atoms with Crippen molar-refractivity contribution in [3.8, 4) is 33.8 Å². The van der Waals surface area contributed by atoms with Gasteiger partial charge in [0.1, 0.15) is 0 Å². The zero-order valence-electron chi connectivity index (χ0n) is 58.1. The van der Waals surface area contributed by atoms with Gasteiger partial charge in [0, 0.05) is 94.7 Å². The van der Waals surface area contributed by atoms with E-state index in [2.05, 4.69) is 187 Å². The van der Waals surface area contributed by atoms with E-state index in [4.69, 9.17) is 30.3 Å². The van der Waals surface area contributed by atoms with Crippen LogP contribution >= 0.6 is 0 Å². The Hall–Kier alpha value is -6.87. The maximum atomic E-state index is 10.0. The topological polar surface area (TPSA) is 151 Å². The van der Waals surface area contributed by atoms with Crippen LogP contribution in [0.15, 0.2) is 163 Å². The molecule has 3 saturated carbocycles. The minimum Gasteiger partial charge on any atom is -0.512 e. The van der Waals surface area contributed by atoms with Gasteiger partial charge in [0.05, 0.1) is 33.8 Å². The average molecular weight is 1820 g/mol. The Morgan fingerprint density at radius 3 is 0.854 bits per heavy atom. The van der Waals surface area contributed by atoms with Gasteiger partial charge in [-0.15, -0.1) is 105 Å². The normalized spacial score (nSPS) is 13.9. The fourth-order valence-corrected chi connectivity index (χ4v) is 12.9. The van der Waals surface area contributed by atoms with Gasteiger partial charge in [0.2, 0.25) is 0 Å². The predicted octanol–water partition coefficient (Wildman–Crippen LogP) is 21.3. The summed E-state index contributed by atoms with van der Waals surface area (Å²) in [6.07, 6.45) is 23.9. The number of rotatable bonds is 12. The van der Waals surface area contributed by atoms with Gasteiger partial charge in [-0.3, -0.25) is 29.3 Å². The number of hydrogen-bond donors (Lipinski definition) is 3. The van der Waals surface area contributed by atoms with Crippen LogP contribution in [-0.2, 0) is 94.0 Å². The number of nitrogens with zero attached hydrogens (tertiary/aromatic N) is 3. The Morgan fingerprint density at radius 2 is 0.635 bits per heavy atom. The summed E-state index contributed by atoms with van der Waals surface area (Å²) < 4.78 is 0. The fraction of sp³-hybridized carbons (Fsp3) is 0.357. The molecule has 0 bridgehead atoms. The number of ketones is 3. The second-order valence-corrected chi connectivity index (χ2v) is 26.1. The van der Waals surface area contributed by atoms with Gasteiger partial charge in [-0.1, -0.05) is 191 Å². The Kier molecular flexibility index (Phi) is 34.6. The van der Waals surface area contributed by atoms with Crippen LogP contribution in [0.25, 0.3) is 66.5 Å². The van der Waals surface area contributed by atoms with Gasteiger partial charge in [0.25, 0.3) is 0 Å². The molecule has 12 rings (SSSR count). The van der Waals surface area contributed by atoms with Crippen LogP contribution in [0.2, 0.25) is 0 Å². The molecule has 3 radical (unpaired) electrons. The van der Waals surface area contributed by atoms with Crippen LogP contribution in [0.5, 0.6) is 0 Å². The zero-order valence-corrected chi connectivity index (χ0v) is 65.3. The molecule has 9 nitrogen and oxygen atoms in total. The third-order valence-corrected chi connectivity index (χ3v) is 16.9. The molecule has 0 aliphatic heterocycles. The number of carbonyl (C=O) groups excluding carboxylic acids is 3. The van der Waals surface area contributed by atoms with Crippen LogP contribution < -0.4 is 0 Å². The molecule has 6 aromatic carbocycles. The smallest absolute Gasteiger partial charge is 0.155 e. The van der Waals surface area contributed by atoms with Crippen molar-refractivity contribution in [2.75, 3.05) is 0 Å². The van der Waals surface area contributed by atoms with Crippen molar-refractivity contribution < 1.29 is 90.0 Å². The number of aryl methyl sites for hydroxylation is 6. The van der Waals surface area contributed by atoms with Gasteiger partial charge < -0.3 is 15.3 Å². The van der Waals surface area contributed by atoms with Crippen LogP contribution in [0.4, 0.5) is 0 Å². The molecule has 3 aliphatic rings. The van der Waals surface area contributed by atoms with Crippen molar-refractivity contribution in [2.24, 2.45) is 17.8 Å². The second-order valence-electron chi connectivity index (χ2n) is 26.1. The van der Waals surface area contributed by atoms with Gasteiger partial charge in [-0.2, -0.15) is 0 Å². The van der Waals surface area contributed by atoms with E-state index in [1.54, 1.807) is 0 Å². The summed E-state index contributed by atoms with van der Waals surface area (Å²) in [7, 11) is 0. The van der Waals surface area contributed by atoms with Crippen molar-refractivity contribution in [3.63, 3.8) is 0 Å². The number of fused-ring (bicyclic) bond motifs is 3. The Labute approximate surface area is 612 Å². The molecule has 96 heavy (non-hydrogen) atoms. The quantitative estimate of drug-likeness (QED) is 0.0617. The molecule has 0 spiro atoms. The number of hydrogen-bond acceptors (Lipinski definition) is 9. The van der Waals surface area contributed by atoms with Crippen molar-refractivity contribution in [1.29, 1.82) is 0 Å². The van der Waals surface area contributed by atoms with E-state index in [1.165, 1.54) is 222 Å². The SMILES string of the molecule is CC(=O)C=C(C)O.CC(=O)C=C(C)O.CC(=O)C=C(C)O.Cc1[c-]c(-c2ccc3c(CC4CCC4)cccc3n2)cc(C)c1.Cc1[c-]c(-c2ccc3c(CC4CCCC4)cccc3n2)cc(C)c1.Cc1[c-]c(-c2ccc3c(CC4CCCCC4)cccc3n2)cc(C)c1.[Ir].[Ir].[Ir]. The molecular weight excluding hydrogens is 1720 g/mol. The minimum absolute atomic E-state index is 0. The fourth-order valence-electron chi connectivity index (χ4n) is 12.9. The van der Waals surface area contributed by atoms with Gasteiger partial charge in [-0.25, -0.2) is 0 Å². The molecule has 3 aromatic heterocycles. The summed E-state index contributed by atoms with van der Waals surface area (Å²) in [5.74, 6) is 2.41. The Bertz CT molecular complexity index is 4000. The number of pyridine rings is 3.